The second-order valence-electron chi connectivity index (χ2n) is 7.94. The number of carbonyl (C=O) groups is 1. The van der Waals surface area contributed by atoms with Gasteiger partial charge in [-0.1, -0.05) is 23.7 Å². The summed E-state index contributed by atoms with van der Waals surface area (Å²) in [4.78, 5) is 26.8. The lowest BCUT2D eigenvalue weighted by molar-refractivity contribution is 0.0566. The van der Waals surface area contributed by atoms with Gasteiger partial charge in [0.25, 0.3) is 5.91 Å². The molecule has 0 aliphatic heterocycles. The Morgan fingerprint density at radius 3 is 2.65 bits per heavy atom. The second kappa shape index (κ2) is 10.3. The summed E-state index contributed by atoms with van der Waals surface area (Å²) in [5.41, 5.74) is 7.93. The van der Waals surface area contributed by atoms with Crippen molar-refractivity contribution in [1.82, 2.24) is 19.9 Å². The number of aromatic nitrogens is 3. The van der Waals surface area contributed by atoms with Crippen LogP contribution in [0.25, 0.3) is 0 Å². The van der Waals surface area contributed by atoms with Gasteiger partial charge < -0.3 is 15.6 Å². The molecule has 3 aromatic rings. The van der Waals surface area contributed by atoms with E-state index in [1.807, 2.05) is 29.2 Å². The highest BCUT2D eigenvalue weighted by Crippen LogP contribution is 2.41. The molecule has 8 heteroatoms. The number of nitrogens with one attached hydrogen (secondary N) is 1. The van der Waals surface area contributed by atoms with Gasteiger partial charge in [0.05, 0.1) is 12.1 Å². The van der Waals surface area contributed by atoms with Gasteiger partial charge in [-0.2, -0.15) is 0 Å². The topological polar surface area (TPSA) is 87.9 Å². The van der Waals surface area contributed by atoms with E-state index in [2.05, 4.69) is 21.0 Å². The summed E-state index contributed by atoms with van der Waals surface area (Å²) in [6.07, 6.45) is 10.3. The Morgan fingerprint density at radius 1 is 1.23 bits per heavy atom. The molecule has 31 heavy (non-hydrogen) atoms. The van der Waals surface area contributed by atoms with Crippen LogP contribution in [0.2, 0.25) is 5.02 Å². The van der Waals surface area contributed by atoms with E-state index in [4.69, 9.17) is 17.3 Å². The molecule has 4 rings (SSSR count). The molecule has 1 aromatic carbocycles. The number of aromatic amines is 1. The molecule has 1 fully saturated rings. The first-order chi connectivity index (χ1) is 14.6. The van der Waals surface area contributed by atoms with Crippen molar-refractivity contribution in [3.63, 3.8) is 0 Å². The van der Waals surface area contributed by atoms with E-state index in [1.165, 1.54) is 5.56 Å². The fourth-order valence-electron chi connectivity index (χ4n) is 4.46. The summed E-state index contributed by atoms with van der Waals surface area (Å²) in [5, 5.41) is 0.730. The first-order valence-electron chi connectivity index (χ1n) is 10.3. The fraction of sp³-hybridized carbons (Fsp3) is 0.348. The summed E-state index contributed by atoms with van der Waals surface area (Å²) in [5.74, 6) is 0.755. The predicted octanol–water partition coefficient (Wildman–Crippen LogP) is 4.36. The second-order valence-corrected chi connectivity index (χ2v) is 8.37. The van der Waals surface area contributed by atoms with E-state index in [0.717, 1.165) is 36.5 Å². The highest BCUT2D eigenvalue weighted by Gasteiger charge is 2.39. The lowest BCUT2D eigenvalue weighted by Crippen LogP contribution is -2.47. The van der Waals surface area contributed by atoms with Crippen LogP contribution in [-0.2, 0) is 12.0 Å². The van der Waals surface area contributed by atoms with Crippen molar-refractivity contribution in [2.75, 3.05) is 6.54 Å². The minimum absolute atomic E-state index is 0. The van der Waals surface area contributed by atoms with E-state index in [1.54, 1.807) is 30.9 Å². The third kappa shape index (κ3) is 5.09. The van der Waals surface area contributed by atoms with Gasteiger partial charge in [-0.15, -0.1) is 12.4 Å². The van der Waals surface area contributed by atoms with Crippen molar-refractivity contribution < 1.29 is 4.79 Å². The number of imidazole rings is 1. The molecule has 164 valence electrons. The smallest absolute Gasteiger partial charge is 0.256 e. The van der Waals surface area contributed by atoms with Crippen LogP contribution in [0.4, 0.5) is 0 Å². The summed E-state index contributed by atoms with van der Waals surface area (Å²) in [7, 11) is 0. The molecular formula is C23H27Cl2N5O. The van der Waals surface area contributed by atoms with Gasteiger partial charge in [-0.3, -0.25) is 9.78 Å². The number of hydrogen-bond acceptors (Lipinski definition) is 4. The fourth-order valence-corrected chi connectivity index (χ4v) is 4.65. The summed E-state index contributed by atoms with van der Waals surface area (Å²) >= 11 is 6.24. The molecule has 0 radical (unpaired) electrons. The molecule has 3 N–H and O–H groups in total. The van der Waals surface area contributed by atoms with E-state index >= 15 is 0 Å². The van der Waals surface area contributed by atoms with Crippen LogP contribution >= 0.6 is 24.0 Å². The molecule has 1 aliphatic carbocycles. The molecule has 1 saturated carbocycles. The van der Waals surface area contributed by atoms with E-state index in [9.17, 15) is 4.79 Å². The highest BCUT2D eigenvalue weighted by atomic mass is 35.5. The third-order valence-corrected chi connectivity index (χ3v) is 6.46. The monoisotopic (exact) mass is 459 g/mol. The Morgan fingerprint density at radius 2 is 2.03 bits per heavy atom. The average Bonchev–Trinajstić information content (AvgIpc) is 3.31. The first kappa shape index (κ1) is 23.3. The third-order valence-electron chi connectivity index (χ3n) is 6.23. The lowest BCUT2D eigenvalue weighted by Gasteiger charge is -2.43. The van der Waals surface area contributed by atoms with Crippen molar-refractivity contribution in [3.05, 3.63) is 83.2 Å². The number of pyridine rings is 1. The number of nitrogens with zero attached hydrogens (tertiary/aromatic N) is 3. The Bertz CT molecular complexity index is 973. The maximum absolute atomic E-state index is 13.3. The number of halogens is 2. The number of amides is 1. The Labute approximate surface area is 193 Å². The van der Waals surface area contributed by atoms with E-state index in [0.29, 0.717) is 18.7 Å². The van der Waals surface area contributed by atoms with Crippen molar-refractivity contribution in [2.45, 2.75) is 43.7 Å². The number of benzene rings is 1. The molecule has 0 saturated heterocycles. The van der Waals surface area contributed by atoms with Gasteiger partial charge in [0.15, 0.2) is 0 Å². The van der Waals surface area contributed by atoms with Crippen LogP contribution in [0.1, 0.15) is 47.4 Å². The van der Waals surface area contributed by atoms with Crippen molar-refractivity contribution in [3.8, 4) is 0 Å². The van der Waals surface area contributed by atoms with Crippen LogP contribution in [0.3, 0.4) is 0 Å². The first-order valence-corrected chi connectivity index (χ1v) is 10.6. The van der Waals surface area contributed by atoms with Crippen molar-refractivity contribution in [1.29, 1.82) is 0 Å². The van der Waals surface area contributed by atoms with Crippen LogP contribution < -0.4 is 5.73 Å². The maximum Gasteiger partial charge on any atom is 0.256 e. The number of H-pyrrole nitrogens is 1. The normalized spacial score (nSPS) is 20.6. The molecule has 6 nitrogen and oxygen atoms in total. The van der Waals surface area contributed by atoms with Crippen LogP contribution in [0.5, 0.6) is 0 Å². The Hall–Kier alpha value is -2.41. The molecule has 0 spiro atoms. The lowest BCUT2D eigenvalue weighted by atomic mass is 9.68. The Kier molecular flexibility index (Phi) is 7.70. The largest absolute Gasteiger partial charge is 0.347 e. The Balaban J connectivity index is 0.00000272. The molecular weight excluding hydrogens is 433 g/mol. The summed E-state index contributed by atoms with van der Waals surface area (Å²) < 4.78 is 0. The van der Waals surface area contributed by atoms with E-state index < -0.39 is 0 Å². The average molecular weight is 460 g/mol. The maximum atomic E-state index is 13.3. The minimum Gasteiger partial charge on any atom is -0.347 e. The van der Waals surface area contributed by atoms with Crippen molar-refractivity contribution in [2.24, 2.45) is 5.73 Å². The van der Waals surface area contributed by atoms with Crippen LogP contribution in [0, 0.1) is 0 Å². The number of carbonyl (C=O) groups excluding carboxylic acids is 1. The molecule has 1 amide bonds. The zero-order valence-corrected chi connectivity index (χ0v) is 18.8. The number of nitrogens with two attached hydrogens (primary N) is 1. The van der Waals surface area contributed by atoms with Crippen LogP contribution in [0.15, 0.2) is 61.2 Å². The SMILES string of the molecule is Cl.NCC1(c2cccc(Cl)c2)CCC(N(Cc2ncc[nH]2)C(=O)c2cccnc2)CC1. The minimum atomic E-state index is -0.102. The molecule has 0 unspecified atom stereocenters. The molecule has 1 aliphatic rings. The van der Waals surface area contributed by atoms with Gasteiger partial charge in [-0.05, 0) is 55.5 Å². The standard InChI is InChI=1S/C23H26ClN5O.ClH/c24-19-5-1-4-18(13-19)23(16-25)8-6-20(7-9-23)29(15-21-27-11-12-28-21)22(30)17-3-2-10-26-14-17;/h1-5,10-14,20H,6-9,15-16,25H2,(H,27,28);1H. The molecule has 2 aromatic heterocycles. The molecule has 0 bridgehead atoms. The molecule has 2 heterocycles. The van der Waals surface area contributed by atoms with Gasteiger partial charge >= 0.3 is 0 Å². The van der Waals surface area contributed by atoms with Gasteiger partial charge in [0.1, 0.15) is 5.82 Å². The van der Waals surface area contributed by atoms with Gasteiger partial charge in [-0.25, -0.2) is 4.98 Å². The van der Waals surface area contributed by atoms with Gasteiger partial charge in [0.2, 0.25) is 0 Å². The van der Waals surface area contributed by atoms with E-state index in [-0.39, 0.29) is 29.8 Å². The zero-order chi connectivity index (χ0) is 21.0. The van der Waals surface area contributed by atoms with Crippen molar-refractivity contribution >= 4 is 29.9 Å². The van der Waals surface area contributed by atoms with Gasteiger partial charge in [0, 0.05) is 47.8 Å². The number of rotatable bonds is 6. The molecule has 0 atom stereocenters. The van der Waals surface area contributed by atoms with Crippen LogP contribution in [-0.4, -0.2) is 38.3 Å². The highest BCUT2D eigenvalue weighted by molar-refractivity contribution is 6.30. The predicted molar refractivity (Wildman–Crippen MR) is 124 cm³/mol. The zero-order valence-electron chi connectivity index (χ0n) is 17.2. The summed E-state index contributed by atoms with van der Waals surface area (Å²) in [6, 6.07) is 11.7. The summed E-state index contributed by atoms with van der Waals surface area (Å²) in [6.45, 7) is 1.01. The number of hydrogen-bond donors (Lipinski definition) is 2. The quantitative estimate of drug-likeness (QED) is 0.572.